The van der Waals surface area contributed by atoms with Crippen molar-refractivity contribution in [2.45, 2.75) is 339 Å². The lowest BCUT2D eigenvalue weighted by atomic mass is 9.79. The van der Waals surface area contributed by atoms with Crippen molar-refractivity contribution >= 4 is 5.97 Å². The Morgan fingerprint density at radius 2 is 1.01 bits per heavy atom. The van der Waals surface area contributed by atoms with Gasteiger partial charge in [-0.25, -0.2) is 4.79 Å². The fourth-order valence-electron chi connectivity index (χ4n) is 15.4. The Morgan fingerprint density at radius 3 is 1.53 bits per heavy atom. The number of cyclic esters (lactones) is 1. The number of rotatable bonds is 18. The van der Waals surface area contributed by atoms with E-state index in [0.717, 1.165) is 43.3 Å². The normalized spacial score (nSPS) is 39.5. The lowest BCUT2D eigenvalue weighted by Gasteiger charge is -2.38. The molecule has 0 aromatic carbocycles. The van der Waals surface area contributed by atoms with Crippen LogP contribution in [0.3, 0.4) is 0 Å². The van der Waals surface area contributed by atoms with Gasteiger partial charge in [-0.15, -0.1) is 0 Å². The first-order valence-electron chi connectivity index (χ1n) is 37.2. The summed E-state index contributed by atoms with van der Waals surface area (Å²) in [6, 6.07) is 0. The summed E-state index contributed by atoms with van der Waals surface area (Å²) >= 11 is 0. The molecule has 0 aromatic rings. The molecule has 9 N–H and O–H groups in total. The minimum absolute atomic E-state index is 0.00941. The number of carbonyl (C=O) groups excluding carboxylic acids is 1. The monoisotopic (exact) mass is 1390 g/mol. The SMILES string of the molecule is COC1CC(C)OC(CC[C@H](C)C2OC(=O)C=CC(C)=CC[C@H](O)C[C@@H]3C=CC[C@@H](CC(OC)[C@@H](C)C(C[C@@H](O)[C@H](C)[C@H](O)[C@@H](C)[C@@H](O)C(C)CCC4CC(OC)C[C@H](C)O4)O[C@@H](O)C=CC(C)=CC[C@H](O)CC4C=CCC(C[C@H](OC)[C@@H](C)[C@@H](O)CC(O)[C@H](C)[C@H](O)[C@H]2C)O4)O3)C1. The van der Waals surface area contributed by atoms with Crippen molar-refractivity contribution in [3.05, 3.63) is 71.9 Å². The van der Waals surface area contributed by atoms with E-state index in [1.165, 1.54) is 12.2 Å². The molecule has 31 atom stereocenters. The van der Waals surface area contributed by atoms with Crippen LogP contribution in [0.1, 0.15) is 199 Å². The van der Waals surface area contributed by atoms with Gasteiger partial charge < -0.3 is 93.3 Å². The molecule has 5 aliphatic heterocycles. The standard InChI is InChI=1S/C78H134O20/c1-45-23-29-57(79)37-59-19-17-21-61(95-59)41-70(91-15)51(7)67(81)43-68(82)52(8)77(88)56(12)78(48(4)28-32-64-40-66(90-14)36-50(6)94-64)98-74(85)34-26-46(2)24-30-58(80)38-60-20-18-22-62(96-60)42-71(92-16)54(10)72(97-73(84)33-25-45)44-69(83)53(9)76(87)55(11)75(86)47(3)27-31-63-39-65(89-13)35-49(5)93-63/h17-20,23-26,33-34,47-73,75-84,86-88H,21-22,27-32,35-44H2,1-16H3/t47?,48-,49-,50?,51-,52-,53-,54+,55-,56+,57-,58-,59?,60-,61?,62-,63?,64?,65?,66?,67-,68?,69+,70-,71?,72?,73+,75-,76-,77-,78?/m0/s1. The summed E-state index contributed by atoms with van der Waals surface area (Å²) < 4.78 is 61.9. The van der Waals surface area contributed by atoms with Crippen molar-refractivity contribution in [3.8, 4) is 0 Å². The fraction of sp³-hybridized carbons (Fsp3) is 0.833. The number of fused-ring (bicyclic) bond motifs is 4. The van der Waals surface area contributed by atoms with Gasteiger partial charge >= 0.3 is 5.97 Å². The van der Waals surface area contributed by atoms with Gasteiger partial charge in [-0.05, 0) is 129 Å². The summed E-state index contributed by atoms with van der Waals surface area (Å²) in [5, 5.41) is 105. The van der Waals surface area contributed by atoms with E-state index in [9.17, 15) is 50.8 Å². The van der Waals surface area contributed by atoms with Gasteiger partial charge in [-0.2, -0.15) is 0 Å². The first kappa shape index (κ1) is 85.8. The fourth-order valence-corrected chi connectivity index (χ4v) is 15.4. The summed E-state index contributed by atoms with van der Waals surface area (Å²) in [7, 11) is 6.63. The van der Waals surface area contributed by atoms with Crippen LogP contribution in [0, 0.1) is 47.3 Å². The van der Waals surface area contributed by atoms with Crippen LogP contribution < -0.4 is 0 Å². The molecule has 0 aliphatic carbocycles. The average molecular weight is 1390 g/mol. The van der Waals surface area contributed by atoms with Crippen LogP contribution in [0.25, 0.3) is 0 Å². The quantitative estimate of drug-likeness (QED) is 0.0455. The van der Waals surface area contributed by atoms with Gasteiger partial charge in [0, 0.05) is 102 Å². The predicted octanol–water partition coefficient (Wildman–Crippen LogP) is 9.90. The van der Waals surface area contributed by atoms with Gasteiger partial charge in [0.15, 0.2) is 6.29 Å². The molecule has 12 unspecified atom stereocenters. The number of hydrogen-bond acceptors (Lipinski definition) is 20. The second-order valence-corrected chi connectivity index (χ2v) is 30.5. The molecular weight excluding hydrogens is 1260 g/mol. The van der Waals surface area contributed by atoms with E-state index in [2.05, 4.69) is 0 Å². The van der Waals surface area contributed by atoms with Gasteiger partial charge in [-0.3, -0.25) is 0 Å². The maximum Gasteiger partial charge on any atom is 0.331 e. The number of esters is 1. The van der Waals surface area contributed by atoms with Gasteiger partial charge in [-0.1, -0.05) is 115 Å². The Morgan fingerprint density at radius 1 is 0.510 bits per heavy atom. The van der Waals surface area contributed by atoms with E-state index in [1.54, 1.807) is 61.4 Å². The molecule has 2 saturated heterocycles. The number of aliphatic hydroxyl groups is 9. The number of aliphatic hydroxyl groups excluding tert-OH is 9. The van der Waals surface area contributed by atoms with E-state index in [-0.39, 0.29) is 86.4 Å². The molecule has 5 aliphatic rings. The van der Waals surface area contributed by atoms with E-state index >= 15 is 0 Å². The molecule has 0 amide bonds. The third kappa shape index (κ3) is 28.3. The van der Waals surface area contributed by atoms with Crippen LogP contribution in [-0.2, 0) is 52.2 Å². The van der Waals surface area contributed by atoms with Gasteiger partial charge in [0.1, 0.15) is 6.10 Å². The maximum atomic E-state index is 13.9. The molecule has 0 spiro atoms. The number of methoxy groups -OCH3 is 4. The predicted molar refractivity (Wildman–Crippen MR) is 378 cm³/mol. The van der Waals surface area contributed by atoms with Crippen LogP contribution in [0.5, 0.6) is 0 Å². The molecule has 2 fully saturated rings. The Balaban J connectivity index is 1.36. The lowest BCUT2D eigenvalue weighted by molar-refractivity contribution is -0.159. The van der Waals surface area contributed by atoms with Crippen LogP contribution in [0.15, 0.2) is 71.9 Å². The molecule has 5 heterocycles. The summed E-state index contributed by atoms with van der Waals surface area (Å²) in [6.45, 7) is 22.7. The molecular formula is C78H134O20. The lowest BCUT2D eigenvalue weighted by Crippen LogP contribution is -2.45. The Hall–Kier alpha value is -2.81. The summed E-state index contributed by atoms with van der Waals surface area (Å²) in [6.07, 6.45) is 14.0. The van der Waals surface area contributed by atoms with E-state index in [1.807, 2.05) is 98.8 Å². The largest absolute Gasteiger partial charge is 0.459 e. The van der Waals surface area contributed by atoms with Gasteiger partial charge in [0.25, 0.3) is 0 Å². The summed E-state index contributed by atoms with van der Waals surface area (Å²) in [4.78, 5) is 13.9. The van der Waals surface area contributed by atoms with Crippen molar-refractivity contribution in [3.63, 3.8) is 0 Å². The minimum atomic E-state index is -1.43. The highest BCUT2D eigenvalue weighted by atomic mass is 16.6. The zero-order valence-electron chi connectivity index (χ0n) is 62.4. The van der Waals surface area contributed by atoms with Crippen molar-refractivity contribution in [1.82, 2.24) is 0 Å². The van der Waals surface area contributed by atoms with Crippen LogP contribution in [0.2, 0.25) is 0 Å². The van der Waals surface area contributed by atoms with E-state index < -0.39 is 133 Å². The summed E-state index contributed by atoms with van der Waals surface area (Å²) in [5.74, 6) is -4.52. The molecule has 0 radical (unpaired) electrons. The van der Waals surface area contributed by atoms with E-state index in [0.29, 0.717) is 57.8 Å². The second-order valence-electron chi connectivity index (χ2n) is 30.5. The number of allylic oxidation sites excluding steroid dienone is 4. The van der Waals surface area contributed by atoms with Crippen molar-refractivity contribution < 1.29 is 98.1 Å². The van der Waals surface area contributed by atoms with Crippen LogP contribution >= 0.6 is 0 Å². The Kier molecular flexibility index (Phi) is 38.1. The highest BCUT2D eigenvalue weighted by Gasteiger charge is 2.42. The zero-order chi connectivity index (χ0) is 72.5. The van der Waals surface area contributed by atoms with Crippen LogP contribution in [0.4, 0.5) is 0 Å². The van der Waals surface area contributed by atoms with Crippen molar-refractivity contribution in [2.75, 3.05) is 28.4 Å². The molecule has 20 nitrogen and oxygen atoms in total. The minimum Gasteiger partial charge on any atom is -0.459 e. The van der Waals surface area contributed by atoms with E-state index in [4.69, 9.17) is 47.4 Å². The number of ether oxygens (including phenoxy) is 10. The topological polar surface area (TPSA) is 291 Å². The van der Waals surface area contributed by atoms with Gasteiger partial charge in [0.05, 0.1) is 128 Å². The molecule has 5 rings (SSSR count). The molecule has 98 heavy (non-hydrogen) atoms. The first-order chi connectivity index (χ1) is 46.4. The third-order valence-electron chi connectivity index (χ3n) is 22.4. The van der Waals surface area contributed by atoms with Gasteiger partial charge in [0.2, 0.25) is 0 Å². The molecule has 0 aromatic heterocycles. The van der Waals surface area contributed by atoms with Crippen molar-refractivity contribution in [1.29, 1.82) is 0 Å². The highest BCUT2D eigenvalue weighted by molar-refractivity contribution is 5.82. The van der Waals surface area contributed by atoms with Crippen LogP contribution in [-0.4, -0.2) is 221 Å². The number of hydrogen-bond donors (Lipinski definition) is 9. The third-order valence-corrected chi connectivity index (χ3v) is 22.4. The summed E-state index contributed by atoms with van der Waals surface area (Å²) in [5.41, 5.74) is 1.48. The molecule has 566 valence electrons. The maximum absolute atomic E-state index is 13.9. The smallest absolute Gasteiger partial charge is 0.331 e. The number of carbonyl (C=O) groups is 1. The van der Waals surface area contributed by atoms with Crippen molar-refractivity contribution in [2.24, 2.45) is 47.3 Å². The molecule has 0 saturated carbocycles. The molecule has 4 bridgehead atoms. The highest BCUT2D eigenvalue weighted by Crippen LogP contribution is 2.37. The Bertz CT molecular complexity index is 2440. The zero-order valence-corrected chi connectivity index (χ0v) is 62.4. The Labute approximate surface area is 588 Å². The average Bonchev–Trinajstić information content (AvgIpc) is 0.863. The first-order valence-corrected chi connectivity index (χ1v) is 37.2. The second kappa shape index (κ2) is 43.5. The molecule has 20 heteroatoms.